The molecule has 0 aromatic heterocycles. The summed E-state index contributed by atoms with van der Waals surface area (Å²) in [5, 5.41) is 2.91. The molecular formula is C22H26N2O4. The lowest BCUT2D eigenvalue weighted by Crippen LogP contribution is -2.39. The van der Waals surface area contributed by atoms with Gasteiger partial charge in [-0.25, -0.2) is 4.79 Å². The highest BCUT2D eigenvalue weighted by Gasteiger charge is 2.23. The minimum Gasteiger partial charge on any atom is -0.497 e. The van der Waals surface area contributed by atoms with Crippen LogP contribution in [-0.4, -0.2) is 43.1 Å². The fraction of sp³-hybridized carbons (Fsp3) is 0.364. The maximum atomic E-state index is 13.0. The number of hydrogen-bond donors (Lipinski definition) is 1. The van der Waals surface area contributed by atoms with Gasteiger partial charge in [-0.3, -0.25) is 4.79 Å². The Kier molecular flexibility index (Phi) is 6.66. The third-order valence-corrected chi connectivity index (χ3v) is 4.79. The van der Waals surface area contributed by atoms with Crippen molar-refractivity contribution in [2.45, 2.75) is 32.4 Å². The van der Waals surface area contributed by atoms with Crippen LogP contribution in [-0.2, 0) is 11.3 Å². The first-order valence-electron chi connectivity index (χ1n) is 9.46. The number of hydrogen-bond acceptors (Lipinski definition) is 4. The molecule has 1 heterocycles. The Morgan fingerprint density at radius 1 is 1.21 bits per heavy atom. The maximum absolute atomic E-state index is 13.0. The van der Waals surface area contributed by atoms with Crippen molar-refractivity contribution in [1.82, 2.24) is 4.90 Å². The highest BCUT2D eigenvalue weighted by Crippen LogP contribution is 2.19. The van der Waals surface area contributed by atoms with E-state index in [0.29, 0.717) is 24.3 Å². The molecule has 1 aliphatic heterocycles. The molecule has 0 spiro atoms. The topological polar surface area (TPSA) is 67.9 Å². The average molecular weight is 382 g/mol. The molecule has 6 heteroatoms. The Morgan fingerprint density at radius 3 is 2.64 bits per heavy atom. The van der Waals surface area contributed by atoms with Crippen LogP contribution in [0.1, 0.15) is 35.7 Å². The predicted molar refractivity (Wildman–Crippen MR) is 108 cm³/mol. The van der Waals surface area contributed by atoms with Gasteiger partial charge in [0.25, 0.3) is 0 Å². The molecule has 0 saturated carbocycles. The van der Waals surface area contributed by atoms with Crippen LogP contribution in [0.3, 0.4) is 0 Å². The zero-order chi connectivity index (χ0) is 19.9. The van der Waals surface area contributed by atoms with E-state index in [9.17, 15) is 9.59 Å². The van der Waals surface area contributed by atoms with Gasteiger partial charge in [-0.05, 0) is 49.6 Å². The van der Waals surface area contributed by atoms with E-state index in [4.69, 9.17) is 9.47 Å². The summed E-state index contributed by atoms with van der Waals surface area (Å²) >= 11 is 0. The number of ketones is 1. The number of amides is 2. The lowest BCUT2D eigenvalue weighted by atomic mass is 10.1. The van der Waals surface area contributed by atoms with Gasteiger partial charge in [0.15, 0.2) is 5.78 Å². The molecule has 2 aromatic rings. The van der Waals surface area contributed by atoms with Crippen molar-refractivity contribution < 1.29 is 19.1 Å². The molecule has 1 atom stereocenters. The number of Topliss-reactive ketones (excluding diaryl/α,β-unsaturated/α-hetero) is 1. The summed E-state index contributed by atoms with van der Waals surface area (Å²) in [6, 6.07) is 14.4. The molecule has 1 saturated heterocycles. The van der Waals surface area contributed by atoms with Crippen LogP contribution < -0.4 is 10.1 Å². The van der Waals surface area contributed by atoms with Crippen LogP contribution >= 0.6 is 0 Å². The molecule has 3 rings (SSSR count). The van der Waals surface area contributed by atoms with Gasteiger partial charge in [0.2, 0.25) is 0 Å². The van der Waals surface area contributed by atoms with Gasteiger partial charge in [0, 0.05) is 30.9 Å². The molecule has 1 fully saturated rings. The molecule has 1 unspecified atom stereocenters. The van der Waals surface area contributed by atoms with Crippen molar-refractivity contribution in [3.8, 4) is 5.75 Å². The SMILES string of the molecule is COc1ccc(CN(CC2CCCO2)C(=O)Nc2cccc(C(C)=O)c2)cc1. The lowest BCUT2D eigenvalue weighted by molar-refractivity contribution is 0.0819. The van der Waals surface area contributed by atoms with E-state index < -0.39 is 0 Å². The fourth-order valence-corrected chi connectivity index (χ4v) is 3.22. The number of methoxy groups -OCH3 is 1. The van der Waals surface area contributed by atoms with Gasteiger partial charge in [-0.15, -0.1) is 0 Å². The number of benzene rings is 2. The summed E-state index contributed by atoms with van der Waals surface area (Å²) in [6.45, 7) is 3.23. The summed E-state index contributed by atoms with van der Waals surface area (Å²) in [4.78, 5) is 26.3. The predicted octanol–water partition coefficient (Wildman–Crippen LogP) is 4.11. The summed E-state index contributed by atoms with van der Waals surface area (Å²) < 4.78 is 10.9. The summed E-state index contributed by atoms with van der Waals surface area (Å²) in [5.74, 6) is 0.741. The monoisotopic (exact) mass is 382 g/mol. The number of anilines is 1. The third kappa shape index (κ3) is 5.33. The van der Waals surface area contributed by atoms with Crippen LogP contribution in [0.5, 0.6) is 5.75 Å². The minimum atomic E-state index is -0.216. The molecule has 6 nitrogen and oxygen atoms in total. The highest BCUT2D eigenvalue weighted by atomic mass is 16.5. The second kappa shape index (κ2) is 9.37. The van der Waals surface area contributed by atoms with Crippen molar-refractivity contribution in [3.63, 3.8) is 0 Å². The van der Waals surface area contributed by atoms with Crippen molar-refractivity contribution in [1.29, 1.82) is 0 Å². The minimum absolute atomic E-state index is 0.0365. The van der Waals surface area contributed by atoms with Gasteiger partial charge < -0.3 is 19.7 Å². The largest absolute Gasteiger partial charge is 0.497 e. The van der Waals surface area contributed by atoms with Gasteiger partial charge in [-0.1, -0.05) is 24.3 Å². The van der Waals surface area contributed by atoms with Crippen molar-refractivity contribution >= 4 is 17.5 Å². The second-order valence-electron chi connectivity index (χ2n) is 6.93. The van der Waals surface area contributed by atoms with Crippen LogP contribution in [0, 0.1) is 0 Å². The number of nitrogens with zero attached hydrogens (tertiary/aromatic N) is 1. The zero-order valence-electron chi connectivity index (χ0n) is 16.3. The first kappa shape index (κ1) is 19.9. The maximum Gasteiger partial charge on any atom is 0.322 e. The molecule has 0 bridgehead atoms. The highest BCUT2D eigenvalue weighted by molar-refractivity contribution is 5.96. The third-order valence-electron chi connectivity index (χ3n) is 4.79. The molecule has 2 amide bonds. The van der Waals surface area contributed by atoms with Gasteiger partial charge >= 0.3 is 6.03 Å². The molecule has 1 aliphatic rings. The van der Waals surface area contributed by atoms with Crippen molar-refractivity contribution in [2.75, 3.05) is 25.6 Å². The van der Waals surface area contributed by atoms with Crippen LogP contribution in [0.2, 0.25) is 0 Å². The van der Waals surface area contributed by atoms with Crippen molar-refractivity contribution in [3.05, 3.63) is 59.7 Å². The van der Waals surface area contributed by atoms with E-state index in [1.165, 1.54) is 6.92 Å². The Balaban J connectivity index is 1.73. The van der Waals surface area contributed by atoms with Crippen LogP contribution in [0.25, 0.3) is 0 Å². The Hall–Kier alpha value is -2.86. The summed E-state index contributed by atoms with van der Waals surface area (Å²) in [5.41, 5.74) is 2.18. The number of carbonyl (C=O) groups excluding carboxylic acids is 2. The molecule has 2 aromatic carbocycles. The molecule has 1 N–H and O–H groups in total. The summed E-state index contributed by atoms with van der Waals surface area (Å²) in [7, 11) is 1.63. The van der Waals surface area contributed by atoms with Crippen molar-refractivity contribution in [2.24, 2.45) is 0 Å². The lowest BCUT2D eigenvalue weighted by Gasteiger charge is -2.26. The fourth-order valence-electron chi connectivity index (χ4n) is 3.22. The van der Waals surface area contributed by atoms with Gasteiger partial charge in [0.1, 0.15) is 5.75 Å². The van der Waals surface area contributed by atoms with E-state index in [1.807, 2.05) is 24.3 Å². The second-order valence-corrected chi connectivity index (χ2v) is 6.93. The smallest absolute Gasteiger partial charge is 0.322 e. The number of carbonyl (C=O) groups is 2. The van der Waals surface area contributed by atoms with E-state index in [2.05, 4.69) is 5.32 Å². The van der Waals surface area contributed by atoms with Crippen LogP contribution in [0.4, 0.5) is 10.5 Å². The normalized spacial score (nSPS) is 15.9. The quantitative estimate of drug-likeness (QED) is 0.732. The first-order valence-corrected chi connectivity index (χ1v) is 9.46. The van der Waals surface area contributed by atoms with E-state index in [-0.39, 0.29) is 17.9 Å². The molecule has 0 aliphatic carbocycles. The zero-order valence-corrected chi connectivity index (χ0v) is 16.3. The Bertz CT molecular complexity index is 814. The van der Waals surface area contributed by atoms with Crippen LogP contribution in [0.15, 0.2) is 48.5 Å². The number of nitrogens with one attached hydrogen (secondary N) is 1. The van der Waals surface area contributed by atoms with E-state index in [1.54, 1.807) is 36.3 Å². The average Bonchev–Trinajstić information content (AvgIpc) is 3.21. The molecule has 28 heavy (non-hydrogen) atoms. The number of urea groups is 1. The van der Waals surface area contributed by atoms with E-state index in [0.717, 1.165) is 30.8 Å². The first-order chi connectivity index (χ1) is 13.5. The molecular weight excluding hydrogens is 356 g/mol. The number of rotatable bonds is 7. The van der Waals surface area contributed by atoms with E-state index >= 15 is 0 Å². The molecule has 0 radical (unpaired) electrons. The molecule has 148 valence electrons. The van der Waals surface area contributed by atoms with Gasteiger partial charge in [0.05, 0.1) is 13.2 Å². The summed E-state index contributed by atoms with van der Waals surface area (Å²) in [6.07, 6.45) is 2.02. The Labute approximate surface area is 165 Å². The number of ether oxygens (including phenoxy) is 2. The standard InChI is InChI=1S/C22H26N2O4/c1-16(25)18-5-3-6-19(13-18)23-22(26)24(15-21-7-4-12-28-21)14-17-8-10-20(27-2)11-9-17/h3,5-6,8-11,13,21H,4,7,12,14-15H2,1-2H3,(H,23,26). The van der Waals surface area contributed by atoms with Gasteiger partial charge in [-0.2, -0.15) is 0 Å². The Morgan fingerprint density at radius 2 is 2.00 bits per heavy atom.